The van der Waals surface area contributed by atoms with Gasteiger partial charge in [0.15, 0.2) is 0 Å². The van der Waals surface area contributed by atoms with Crippen molar-refractivity contribution in [2.45, 2.75) is 6.42 Å². The Kier molecular flexibility index (Phi) is 5.61. The first kappa shape index (κ1) is 13.9. The van der Waals surface area contributed by atoms with Crippen molar-refractivity contribution in [3.8, 4) is 6.07 Å². The van der Waals surface area contributed by atoms with Crippen LogP contribution in [0.15, 0.2) is 18.2 Å². The van der Waals surface area contributed by atoms with E-state index in [0.717, 1.165) is 0 Å². The Labute approximate surface area is 105 Å². The Bertz CT molecular complexity index is 457. The van der Waals surface area contributed by atoms with Gasteiger partial charge in [0.1, 0.15) is 12.2 Å². The van der Waals surface area contributed by atoms with Gasteiger partial charge in [0.25, 0.3) is 0 Å². The van der Waals surface area contributed by atoms with Gasteiger partial charge in [-0.15, -0.1) is 0 Å². The topological polar surface area (TPSA) is 74.2 Å². The Morgan fingerprint density at radius 1 is 1.50 bits per heavy atom. The highest BCUT2D eigenvalue weighted by Gasteiger charge is 2.07. The molecule has 1 amide bonds. The number of nitrogens with one attached hydrogen (secondary N) is 2. The predicted octanol–water partition coefficient (Wildman–Crippen LogP) is 1.74. The van der Waals surface area contributed by atoms with Crippen molar-refractivity contribution in [2.75, 3.05) is 30.9 Å². The van der Waals surface area contributed by atoms with Crippen molar-refractivity contribution in [1.82, 2.24) is 0 Å². The summed E-state index contributed by atoms with van der Waals surface area (Å²) in [5, 5.41) is 13.9. The molecule has 0 spiro atoms. The van der Waals surface area contributed by atoms with Gasteiger partial charge in [0.05, 0.1) is 24.1 Å². The Balaban J connectivity index is 2.76. The first-order chi connectivity index (χ1) is 8.67. The number of amides is 1. The average Bonchev–Trinajstić information content (AvgIpc) is 2.32. The van der Waals surface area contributed by atoms with Gasteiger partial charge >= 0.3 is 0 Å². The maximum atomic E-state index is 13.1. The van der Waals surface area contributed by atoms with Crippen LogP contribution in [-0.4, -0.2) is 26.2 Å². The number of rotatable bonds is 6. The number of hydrogen-bond donors (Lipinski definition) is 2. The summed E-state index contributed by atoms with van der Waals surface area (Å²) >= 11 is 0. The van der Waals surface area contributed by atoms with E-state index in [-0.39, 0.29) is 6.42 Å². The molecule has 0 unspecified atom stereocenters. The molecule has 1 aromatic rings. The molecule has 0 saturated carbocycles. The summed E-state index contributed by atoms with van der Waals surface area (Å²) in [5.74, 6) is -0.933. The number of nitrogens with zero attached hydrogens (tertiary/aromatic N) is 1. The molecule has 0 heterocycles. The molecule has 0 fully saturated rings. The summed E-state index contributed by atoms with van der Waals surface area (Å²) in [4.78, 5) is 11.3. The number of halogens is 1. The van der Waals surface area contributed by atoms with E-state index >= 15 is 0 Å². The number of nitriles is 1. The third-order valence-corrected chi connectivity index (χ3v) is 2.12. The third kappa shape index (κ3) is 4.39. The minimum absolute atomic E-state index is 0.270. The molecule has 0 aliphatic heterocycles. The number of ether oxygens (including phenoxy) is 1. The number of carbonyl (C=O) groups is 1. The van der Waals surface area contributed by atoms with Crippen molar-refractivity contribution in [2.24, 2.45) is 0 Å². The molecule has 0 radical (unpaired) electrons. The summed E-state index contributed by atoms with van der Waals surface area (Å²) in [5.41, 5.74) is 0.895. The largest absolute Gasteiger partial charge is 0.383 e. The van der Waals surface area contributed by atoms with E-state index in [0.29, 0.717) is 24.5 Å². The lowest BCUT2D eigenvalue weighted by atomic mass is 10.2. The van der Waals surface area contributed by atoms with Crippen molar-refractivity contribution in [3.05, 3.63) is 24.0 Å². The van der Waals surface area contributed by atoms with Crippen LogP contribution < -0.4 is 10.6 Å². The van der Waals surface area contributed by atoms with Crippen LogP contribution in [0.1, 0.15) is 6.42 Å². The molecule has 0 bridgehead atoms. The lowest BCUT2D eigenvalue weighted by Gasteiger charge is -2.12. The minimum atomic E-state index is -0.474. The maximum Gasteiger partial charge on any atom is 0.238 e. The molecule has 18 heavy (non-hydrogen) atoms. The second-order valence-corrected chi connectivity index (χ2v) is 3.49. The maximum absolute atomic E-state index is 13.1. The van der Waals surface area contributed by atoms with E-state index in [1.165, 1.54) is 18.2 Å². The van der Waals surface area contributed by atoms with Crippen LogP contribution in [-0.2, 0) is 9.53 Å². The summed E-state index contributed by atoms with van der Waals surface area (Å²) in [6.07, 6.45) is -0.270. The van der Waals surface area contributed by atoms with Crippen molar-refractivity contribution < 1.29 is 13.9 Å². The highest BCUT2D eigenvalue weighted by molar-refractivity contribution is 5.95. The molecule has 0 aliphatic rings. The van der Waals surface area contributed by atoms with E-state index in [2.05, 4.69) is 10.6 Å². The highest BCUT2D eigenvalue weighted by atomic mass is 19.1. The summed E-state index contributed by atoms with van der Waals surface area (Å²) in [7, 11) is 1.57. The summed E-state index contributed by atoms with van der Waals surface area (Å²) < 4.78 is 18.0. The van der Waals surface area contributed by atoms with Crippen LogP contribution in [0.3, 0.4) is 0 Å². The smallest absolute Gasteiger partial charge is 0.238 e. The van der Waals surface area contributed by atoms with E-state index in [1.54, 1.807) is 13.2 Å². The lowest BCUT2D eigenvalue weighted by molar-refractivity contribution is -0.115. The van der Waals surface area contributed by atoms with Crippen LogP contribution in [0.2, 0.25) is 0 Å². The van der Waals surface area contributed by atoms with Gasteiger partial charge in [-0.25, -0.2) is 4.39 Å². The molecule has 5 nitrogen and oxygen atoms in total. The number of benzene rings is 1. The Morgan fingerprint density at radius 2 is 2.28 bits per heavy atom. The third-order valence-electron chi connectivity index (χ3n) is 2.12. The lowest BCUT2D eigenvalue weighted by Crippen LogP contribution is -2.14. The summed E-state index contributed by atoms with van der Waals surface area (Å²) in [6.45, 7) is 1.02. The molecule has 96 valence electrons. The number of methoxy groups -OCH3 is 1. The molecule has 1 aromatic carbocycles. The zero-order valence-electron chi connectivity index (χ0n) is 10.00. The van der Waals surface area contributed by atoms with Crippen molar-refractivity contribution in [1.29, 1.82) is 5.26 Å². The van der Waals surface area contributed by atoms with Gasteiger partial charge in [-0.05, 0) is 18.2 Å². The number of hydrogen-bond acceptors (Lipinski definition) is 4. The van der Waals surface area contributed by atoms with Gasteiger partial charge < -0.3 is 15.4 Å². The second-order valence-electron chi connectivity index (χ2n) is 3.49. The van der Waals surface area contributed by atoms with Gasteiger partial charge in [-0.2, -0.15) is 5.26 Å². The minimum Gasteiger partial charge on any atom is -0.383 e. The highest BCUT2D eigenvalue weighted by Crippen LogP contribution is 2.22. The van der Waals surface area contributed by atoms with Gasteiger partial charge in [0.2, 0.25) is 5.91 Å². The standard InChI is InChI=1S/C12H14FN3O2/c1-18-7-6-15-10-3-2-9(13)8-11(10)16-12(17)4-5-14/h2-3,8,15H,4,6-7H2,1H3,(H,16,17). The molecule has 0 aliphatic carbocycles. The second kappa shape index (κ2) is 7.25. The molecule has 0 aromatic heterocycles. The Morgan fingerprint density at radius 3 is 2.94 bits per heavy atom. The number of anilines is 2. The molecule has 2 N–H and O–H groups in total. The fourth-order valence-electron chi connectivity index (χ4n) is 1.33. The van der Waals surface area contributed by atoms with E-state index in [1.807, 2.05) is 0 Å². The normalized spacial score (nSPS) is 9.61. The van der Waals surface area contributed by atoms with Crippen LogP contribution in [0.5, 0.6) is 0 Å². The SMILES string of the molecule is COCCNc1ccc(F)cc1NC(=O)CC#N. The summed E-state index contributed by atoms with van der Waals surface area (Å²) in [6, 6.07) is 5.73. The zero-order valence-corrected chi connectivity index (χ0v) is 10.00. The van der Waals surface area contributed by atoms with E-state index in [4.69, 9.17) is 10.00 Å². The van der Waals surface area contributed by atoms with Gasteiger partial charge in [-0.3, -0.25) is 4.79 Å². The molecule has 1 rings (SSSR count). The van der Waals surface area contributed by atoms with Crippen LogP contribution in [0.25, 0.3) is 0 Å². The molecular weight excluding hydrogens is 237 g/mol. The Hall–Kier alpha value is -2.13. The molecule has 0 saturated heterocycles. The fourth-order valence-corrected chi connectivity index (χ4v) is 1.33. The van der Waals surface area contributed by atoms with Gasteiger partial charge in [-0.1, -0.05) is 0 Å². The molecule has 6 heteroatoms. The first-order valence-corrected chi connectivity index (χ1v) is 5.36. The number of carbonyl (C=O) groups excluding carboxylic acids is 1. The average molecular weight is 251 g/mol. The van der Waals surface area contributed by atoms with E-state index in [9.17, 15) is 9.18 Å². The monoisotopic (exact) mass is 251 g/mol. The van der Waals surface area contributed by atoms with E-state index < -0.39 is 11.7 Å². The van der Waals surface area contributed by atoms with Gasteiger partial charge in [0, 0.05) is 13.7 Å². The fraction of sp³-hybridized carbons (Fsp3) is 0.333. The van der Waals surface area contributed by atoms with Crippen LogP contribution >= 0.6 is 0 Å². The predicted molar refractivity (Wildman–Crippen MR) is 65.6 cm³/mol. The van der Waals surface area contributed by atoms with Crippen LogP contribution in [0.4, 0.5) is 15.8 Å². The zero-order chi connectivity index (χ0) is 13.4. The van der Waals surface area contributed by atoms with Crippen molar-refractivity contribution in [3.63, 3.8) is 0 Å². The first-order valence-electron chi connectivity index (χ1n) is 5.36. The van der Waals surface area contributed by atoms with Crippen molar-refractivity contribution >= 4 is 17.3 Å². The molecular formula is C12H14FN3O2. The quantitative estimate of drug-likeness (QED) is 0.755. The van der Waals surface area contributed by atoms with Crippen LogP contribution in [0, 0.1) is 17.1 Å². The molecule has 0 atom stereocenters.